The molecule has 2 nitrogen and oxygen atoms in total. The van der Waals surface area contributed by atoms with Gasteiger partial charge in [0.25, 0.3) is 0 Å². The average Bonchev–Trinajstić information content (AvgIpc) is 1.95. The lowest BCUT2D eigenvalue weighted by Gasteiger charge is -2.25. The molecule has 10 heavy (non-hydrogen) atoms. The first kappa shape index (κ1) is 8.02. The van der Waals surface area contributed by atoms with Crippen molar-refractivity contribution in [1.82, 2.24) is 0 Å². The third-order valence-electron chi connectivity index (χ3n) is 1.97. The molecule has 0 aromatic carbocycles. The fourth-order valence-electron chi connectivity index (χ4n) is 1.26. The summed E-state index contributed by atoms with van der Waals surface area (Å²) in [6.45, 7) is 0. The molecular formula is C7H11ClO2. The van der Waals surface area contributed by atoms with E-state index in [1.54, 1.807) is 0 Å². The molecule has 3 heteroatoms. The van der Waals surface area contributed by atoms with Gasteiger partial charge in [0.2, 0.25) is 0 Å². The van der Waals surface area contributed by atoms with Crippen molar-refractivity contribution in [2.75, 3.05) is 0 Å². The molecule has 0 amide bonds. The van der Waals surface area contributed by atoms with E-state index < -0.39 is 6.10 Å². The Morgan fingerprint density at radius 3 is 2.70 bits per heavy atom. The zero-order chi connectivity index (χ0) is 7.56. The molecule has 0 spiro atoms. The summed E-state index contributed by atoms with van der Waals surface area (Å²) in [7, 11) is 0. The van der Waals surface area contributed by atoms with Crippen molar-refractivity contribution in [3.63, 3.8) is 0 Å². The van der Waals surface area contributed by atoms with E-state index in [9.17, 15) is 9.90 Å². The molecule has 58 valence electrons. The summed E-state index contributed by atoms with van der Waals surface area (Å²) in [6, 6.07) is 0. The van der Waals surface area contributed by atoms with E-state index in [0.29, 0.717) is 6.42 Å². The molecule has 1 saturated carbocycles. The number of rotatable bonds is 1. The second-order valence-corrected chi connectivity index (χ2v) is 3.35. The molecule has 0 aliphatic heterocycles. The number of aldehydes is 1. The number of halogens is 1. The topological polar surface area (TPSA) is 37.3 Å². The number of carbonyl (C=O) groups excluding carboxylic acids is 1. The van der Waals surface area contributed by atoms with Crippen molar-refractivity contribution in [3.8, 4) is 0 Å². The second kappa shape index (κ2) is 3.35. The molecule has 3 atom stereocenters. The zero-order valence-electron chi connectivity index (χ0n) is 5.66. The maximum atomic E-state index is 10.3. The van der Waals surface area contributed by atoms with Crippen LogP contribution in [0.3, 0.4) is 0 Å². The SMILES string of the molecule is O=CC1CCC(Cl)[C@H](O)C1. The van der Waals surface area contributed by atoms with Crippen LogP contribution in [-0.4, -0.2) is 22.9 Å². The highest BCUT2D eigenvalue weighted by Gasteiger charge is 2.26. The first-order valence-corrected chi connectivity index (χ1v) is 3.95. The van der Waals surface area contributed by atoms with E-state index >= 15 is 0 Å². The minimum absolute atomic E-state index is 0.0324. The highest BCUT2D eigenvalue weighted by Crippen LogP contribution is 2.26. The predicted octanol–water partition coefficient (Wildman–Crippen LogP) is 0.954. The first-order chi connectivity index (χ1) is 4.74. The number of hydrogen-bond acceptors (Lipinski definition) is 2. The van der Waals surface area contributed by atoms with Crippen LogP contribution in [0.1, 0.15) is 19.3 Å². The van der Waals surface area contributed by atoms with Crippen LogP contribution in [-0.2, 0) is 4.79 Å². The Hall–Kier alpha value is -0.0800. The van der Waals surface area contributed by atoms with Crippen molar-refractivity contribution in [3.05, 3.63) is 0 Å². The van der Waals surface area contributed by atoms with Crippen molar-refractivity contribution < 1.29 is 9.90 Å². The van der Waals surface area contributed by atoms with Gasteiger partial charge in [-0.05, 0) is 19.3 Å². The summed E-state index contributed by atoms with van der Waals surface area (Å²) in [5.74, 6) is 0.0324. The molecule has 1 aliphatic carbocycles. The Morgan fingerprint density at radius 2 is 2.20 bits per heavy atom. The maximum Gasteiger partial charge on any atom is 0.123 e. The normalized spacial score (nSPS) is 41.2. The smallest absolute Gasteiger partial charge is 0.123 e. The number of alkyl halides is 1. The predicted molar refractivity (Wildman–Crippen MR) is 39.1 cm³/mol. The van der Waals surface area contributed by atoms with Gasteiger partial charge < -0.3 is 9.90 Å². The highest BCUT2D eigenvalue weighted by atomic mass is 35.5. The van der Waals surface area contributed by atoms with Gasteiger partial charge in [-0.25, -0.2) is 0 Å². The number of carbonyl (C=O) groups is 1. The zero-order valence-corrected chi connectivity index (χ0v) is 6.42. The van der Waals surface area contributed by atoms with Crippen LogP contribution in [0.5, 0.6) is 0 Å². The Bertz CT molecular complexity index is 127. The molecule has 2 unspecified atom stereocenters. The number of aliphatic hydroxyl groups excluding tert-OH is 1. The van der Waals surface area contributed by atoms with Crippen LogP contribution in [0.15, 0.2) is 0 Å². The lowest BCUT2D eigenvalue weighted by atomic mass is 9.88. The van der Waals surface area contributed by atoms with Gasteiger partial charge in [0.05, 0.1) is 11.5 Å². The molecule has 0 bridgehead atoms. The number of hydrogen-bond donors (Lipinski definition) is 1. The Labute approximate surface area is 65.2 Å². The van der Waals surface area contributed by atoms with Crippen molar-refractivity contribution in [2.24, 2.45) is 5.92 Å². The largest absolute Gasteiger partial charge is 0.392 e. The van der Waals surface area contributed by atoms with Gasteiger partial charge in [-0.1, -0.05) is 0 Å². The quantitative estimate of drug-likeness (QED) is 0.461. The fraction of sp³-hybridized carbons (Fsp3) is 0.857. The van der Waals surface area contributed by atoms with Gasteiger partial charge in [-0.3, -0.25) is 0 Å². The second-order valence-electron chi connectivity index (χ2n) is 2.79. The van der Waals surface area contributed by atoms with Gasteiger partial charge in [0.15, 0.2) is 0 Å². The summed E-state index contributed by atoms with van der Waals surface area (Å²) in [5, 5.41) is 9.05. The van der Waals surface area contributed by atoms with Crippen LogP contribution in [0.25, 0.3) is 0 Å². The first-order valence-electron chi connectivity index (χ1n) is 3.51. The van der Waals surface area contributed by atoms with Gasteiger partial charge in [0, 0.05) is 5.92 Å². The van der Waals surface area contributed by atoms with Crippen molar-refractivity contribution in [2.45, 2.75) is 30.7 Å². The molecule has 1 aliphatic rings. The summed E-state index contributed by atoms with van der Waals surface area (Å²) < 4.78 is 0. The van der Waals surface area contributed by atoms with Crippen LogP contribution in [0.4, 0.5) is 0 Å². The Morgan fingerprint density at radius 1 is 1.50 bits per heavy atom. The van der Waals surface area contributed by atoms with Gasteiger partial charge in [-0.2, -0.15) is 0 Å². The fourth-order valence-corrected chi connectivity index (χ4v) is 1.49. The highest BCUT2D eigenvalue weighted by molar-refractivity contribution is 6.21. The van der Waals surface area contributed by atoms with Crippen LogP contribution in [0.2, 0.25) is 0 Å². The van der Waals surface area contributed by atoms with E-state index in [0.717, 1.165) is 19.1 Å². The van der Waals surface area contributed by atoms with Crippen LogP contribution < -0.4 is 0 Å². The molecular weight excluding hydrogens is 152 g/mol. The number of aliphatic hydroxyl groups is 1. The summed E-state index contributed by atoms with van der Waals surface area (Å²) >= 11 is 5.72. The summed E-state index contributed by atoms with van der Waals surface area (Å²) in [5.41, 5.74) is 0. The van der Waals surface area contributed by atoms with Crippen LogP contribution in [0, 0.1) is 5.92 Å². The summed E-state index contributed by atoms with van der Waals surface area (Å²) in [6.07, 6.45) is 2.55. The Balaban J connectivity index is 2.40. The molecule has 1 N–H and O–H groups in total. The average molecular weight is 163 g/mol. The maximum absolute atomic E-state index is 10.3. The molecule has 0 aromatic rings. The van der Waals surface area contributed by atoms with E-state index in [1.807, 2.05) is 0 Å². The minimum Gasteiger partial charge on any atom is -0.392 e. The van der Waals surface area contributed by atoms with Gasteiger partial charge in [-0.15, -0.1) is 11.6 Å². The van der Waals surface area contributed by atoms with E-state index in [-0.39, 0.29) is 11.3 Å². The van der Waals surface area contributed by atoms with Crippen molar-refractivity contribution in [1.29, 1.82) is 0 Å². The van der Waals surface area contributed by atoms with Crippen LogP contribution >= 0.6 is 11.6 Å². The molecule has 0 saturated heterocycles. The molecule has 0 heterocycles. The van der Waals surface area contributed by atoms with E-state index in [1.165, 1.54) is 0 Å². The molecule has 1 rings (SSSR count). The third kappa shape index (κ3) is 1.70. The van der Waals surface area contributed by atoms with Gasteiger partial charge in [0.1, 0.15) is 6.29 Å². The van der Waals surface area contributed by atoms with Gasteiger partial charge >= 0.3 is 0 Å². The lowest BCUT2D eigenvalue weighted by Crippen LogP contribution is -2.30. The molecule has 0 radical (unpaired) electrons. The minimum atomic E-state index is -0.481. The monoisotopic (exact) mass is 162 g/mol. The van der Waals surface area contributed by atoms with E-state index in [2.05, 4.69) is 0 Å². The third-order valence-corrected chi connectivity index (χ3v) is 2.48. The van der Waals surface area contributed by atoms with E-state index in [4.69, 9.17) is 11.6 Å². The molecule has 1 fully saturated rings. The molecule has 0 aromatic heterocycles. The summed E-state index contributed by atoms with van der Waals surface area (Å²) in [4.78, 5) is 10.3. The Kier molecular flexibility index (Phi) is 2.69. The standard InChI is InChI=1S/C7H11ClO2/c8-6-2-1-5(4-9)3-7(6)10/h4-7,10H,1-3H2/t5?,6?,7-/m1/s1. The van der Waals surface area contributed by atoms with Crippen molar-refractivity contribution >= 4 is 17.9 Å². The lowest BCUT2D eigenvalue weighted by molar-refractivity contribution is -0.112.